The molecule has 0 spiro atoms. The third-order valence-corrected chi connectivity index (χ3v) is 4.02. The summed E-state index contributed by atoms with van der Waals surface area (Å²) in [6.07, 6.45) is 1.84. The lowest BCUT2D eigenvalue weighted by molar-refractivity contribution is -0.134. The molecule has 7 nitrogen and oxygen atoms in total. The summed E-state index contributed by atoms with van der Waals surface area (Å²) < 4.78 is 5.93. The van der Waals surface area contributed by atoms with Gasteiger partial charge in [-0.2, -0.15) is 10.5 Å². The van der Waals surface area contributed by atoms with Gasteiger partial charge in [0.1, 0.15) is 0 Å². The number of nitriles is 2. The first-order chi connectivity index (χ1) is 12.1. The number of nitrogens with one attached hydrogen (secondary N) is 1. The van der Waals surface area contributed by atoms with E-state index in [4.69, 9.17) is 15.3 Å². The summed E-state index contributed by atoms with van der Waals surface area (Å²) in [6, 6.07) is 9.36. The molecule has 0 atom stereocenters. The molecule has 0 unspecified atom stereocenters. The largest absolute Gasteiger partial charge is 0.452 e. The van der Waals surface area contributed by atoms with Crippen LogP contribution >= 0.6 is 15.9 Å². The topological polar surface area (TPSA) is 110 Å². The number of fused-ring (bicyclic) bond motifs is 1. The summed E-state index contributed by atoms with van der Waals surface area (Å²) in [6.45, 7) is -0.0282. The Morgan fingerprint density at radius 1 is 1.20 bits per heavy atom. The van der Waals surface area contributed by atoms with E-state index in [0.717, 1.165) is 9.99 Å². The fraction of sp³-hybridized carbons (Fsp3) is 0.294. The Morgan fingerprint density at radius 2 is 1.88 bits per heavy atom. The first kappa shape index (κ1) is 18.5. The highest BCUT2D eigenvalue weighted by Crippen LogP contribution is 2.23. The third kappa shape index (κ3) is 4.82. The monoisotopic (exact) mass is 402 g/mol. The standard InChI is InChI=1S/C17H15BrN4O3/c18-12-3-4-15-13(9-12)14(10-21-15)17(24)25-11-16(23)22(7-1-5-19)8-2-6-20/h3-4,9-10,21H,1-2,7-8,11H2. The van der Waals surface area contributed by atoms with Crippen LogP contribution in [0.25, 0.3) is 10.9 Å². The number of halogens is 1. The summed E-state index contributed by atoms with van der Waals surface area (Å²) >= 11 is 3.35. The zero-order chi connectivity index (χ0) is 18.2. The van der Waals surface area contributed by atoms with Gasteiger partial charge in [-0.25, -0.2) is 4.79 Å². The van der Waals surface area contributed by atoms with E-state index < -0.39 is 18.5 Å². The van der Waals surface area contributed by atoms with E-state index in [9.17, 15) is 9.59 Å². The molecule has 0 bridgehead atoms. The maximum absolute atomic E-state index is 12.3. The van der Waals surface area contributed by atoms with E-state index in [1.54, 1.807) is 6.07 Å². The minimum absolute atomic E-state index is 0.154. The molecule has 0 aliphatic heterocycles. The van der Waals surface area contributed by atoms with Crippen molar-refractivity contribution in [2.45, 2.75) is 12.8 Å². The second-order valence-electron chi connectivity index (χ2n) is 5.17. The van der Waals surface area contributed by atoms with Gasteiger partial charge in [0.25, 0.3) is 5.91 Å². The molecule has 128 valence electrons. The predicted molar refractivity (Wildman–Crippen MR) is 93.3 cm³/mol. The number of ether oxygens (including phenoxy) is 1. The number of aromatic amines is 1. The van der Waals surface area contributed by atoms with Crippen LogP contribution in [0.15, 0.2) is 28.9 Å². The van der Waals surface area contributed by atoms with Crippen molar-refractivity contribution in [1.29, 1.82) is 10.5 Å². The number of esters is 1. The molecule has 0 aliphatic rings. The number of hydrogen-bond acceptors (Lipinski definition) is 5. The number of carbonyl (C=O) groups is 2. The van der Waals surface area contributed by atoms with E-state index in [0.29, 0.717) is 10.9 Å². The molecule has 1 amide bonds. The SMILES string of the molecule is N#CCCN(CCC#N)C(=O)COC(=O)c1c[nH]c2ccc(Br)cc12. The van der Waals surface area contributed by atoms with E-state index in [1.807, 2.05) is 24.3 Å². The average molecular weight is 403 g/mol. The van der Waals surface area contributed by atoms with Gasteiger partial charge in [-0.1, -0.05) is 15.9 Å². The van der Waals surface area contributed by atoms with Crippen LogP contribution in [0.1, 0.15) is 23.2 Å². The van der Waals surface area contributed by atoms with Gasteiger partial charge in [-0.05, 0) is 18.2 Å². The van der Waals surface area contributed by atoms with E-state index in [-0.39, 0.29) is 25.9 Å². The summed E-state index contributed by atoms with van der Waals surface area (Å²) in [5.74, 6) is -1.04. The van der Waals surface area contributed by atoms with Crippen molar-refractivity contribution in [2.75, 3.05) is 19.7 Å². The molecule has 0 saturated carbocycles. The quantitative estimate of drug-likeness (QED) is 0.715. The third-order valence-electron chi connectivity index (χ3n) is 3.53. The number of aromatic nitrogens is 1. The van der Waals surface area contributed by atoms with Gasteiger partial charge in [0.05, 0.1) is 30.5 Å². The van der Waals surface area contributed by atoms with Crippen LogP contribution in [0.4, 0.5) is 0 Å². The fourth-order valence-corrected chi connectivity index (χ4v) is 2.65. The molecule has 0 saturated heterocycles. The van der Waals surface area contributed by atoms with Crippen molar-refractivity contribution >= 4 is 38.7 Å². The maximum Gasteiger partial charge on any atom is 0.340 e. The molecule has 0 fully saturated rings. The van der Waals surface area contributed by atoms with Crippen molar-refractivity contribution in [3.05, 3.63) is 34.4 Å². The van der Waals surface area contributed by atoms with Crippen LogP contribution < -0.4 is 0 Å². The Kier molecular flexibility index (Phi) is 6.55. The first-order valence-corrected chi connectivity index (χ1v) is 8.31. The van der Waals surface area contributed by atoms with Crippen molar-refractivity contribution < 1.29 is 14.3 Å². The fourth-order valence-electron chi connectivity index (χ4n) is 2.29. The lowest BCUT2D eigenvalue weighted by Crippen LogP contribution is -2.36. The van der Waals surface area contributed by atoms with Gasteiger partial charge in [0.15, 0.2) is 6.61 Å². The van der Waals surface area contributed by atoms with Gasteiger partial charge in [0.2, 0.25) is 0 Å². The van der Waals surface area contributed by atoms with Crippen molar-refractivity contribution in [3.8, 4) is 12.1 Å². The number of nitrogens with zero attached hydrogens (tertiary/aromatic N) is 3. The van der Waals surface area contributed by atoms with Gasteiger partial charge >= 0.3 is 5.97 Å². The smallest absolute Gasteiger partial charge is 0.340 e. The molecule has 8 heteroatoms. The highest BCUT2D eigenvalue weighted by Gasteiger charge is 2.18. The Labute approximate surface area is 152 Å². The Bertz CT molecular complexity index is 845. The zero-order valence-electron chi connectivity index (χ0n) is 13.3. The number of H-pyrrole nitrogens is 1. The number of amides is 1. The molecule has 0 aliphatic carbocycles. The predicted octanol–water partition coefficient (Wildman–Crippen LogP) is 2.74. The lowest BCUT2D eigenvalue weighted by atomic mass is 10.2. The maximum atomic E-state index is 12.3. The van der Waals surface area contributed by atoms with Crippen LogP contribution in [-0.4, -0.2) is 41.5 Å². The summed E-state index contributed by atoms with van der Waals surface area (Å²) in [4.78, 5) is 28.7. The molecular formula is C17H15BrN4O3. The Hall–Kier alpha value is -2.84. The summed E-state index contributed by atoms with van der Waals surface area (Å²) in [7, 11) is 0. The van der Waals surface area contributed by atoms with Crippen molar-refractivity contribution in [1.82, 2.24) is 9.88 Å². The van der Waals surface area contributed by atoms with Gasteiger partial charge in [0, 0.05) is 34.7 Å². The highest BCUT2D eigenvalue weighted by molar-refractivity contribution is 9.10. The van der Waals surface area contributed by atoms with Gasteiger partial charge < -0.3 is 14.6 Å². The van der Waals surface area contributed by atoms with Crippen LogP contribution in [0.5, 0.6) is 0 Å². The molecule has 0 radical (unpaired) electrons. The van der Waals surface area contributed by atoms with Crippen LogP contribution in [0.3, 0.4) is 0 Å². The molecule has 25 heavy (non-hydrogen) atoms. The number of hydrogen-bond donors (Lipinski definition) is 1. The van der Waals surface area contributed by atoms with Crippen molar-refractivity contribution in [3.63, 3.8) is 0 Å². The summed E-state index contributed by atoms with van der Waals surface area (Å²) in [5.41, 5.74) is 1.12. The molecule has 2 rings (SSSR count). The Morgan fingerprint density at radius 3 is 2.52 bits per heavy atom. The molecule has 1 N–H and O–H groups in total. The van der Waals surface area contributed by atoms with Crippen molar-refractivity contribution in [2.24, 2.45) is 0 Å². The van der Waals surface area contributed by atoms with Crippen LogP contribution in [-0.2, 0) is 9.53 Å². The lowest BCUT2D eigenvalue weighted by Gasteiger charge is -2.20. The number of benzene rings is 1. The highest BCUT2D eigenvalue weighted by atomic mass is 79.9. The second kappa shape index (κ2) is 8.86. The molecule has 1 heterocycles. The second-order valence-corrected chi connectivity index (χ2v) is 6.08. The average Bonchev–Trinajstić information content (AvgIpc) is 3.02. The molecular weight excluding hydrogens is 388 g/mol. The van der Waals surface area contributed by atoms with Crippen LogP contribution in [0.2, 0.25) is 0 Å². The molecule has 2 aromatic rings. The van der Waals surface area contributed by atoms with E-state index >= 15 is 0 Å². The Balaban J connectivity index is 2.02. The first-order valence-electron chi connectivity index (χ1n) is 7.52. The van der Waals surface area contributed by atoms with E-state index in [1.165, 1.54) is 11.1 Å². The number of rotatable bonds is 7. The number of carbonyl (C=O) groups excluding carboxylic acids is 2. The van der Waals surface area contributed by atoms with E-state index in [2.05, 4.69) is 20.9 Å². The zero-order valence-corrected chi connectivity index (χ0v) is 14.9. The normalized spacial score (nSPS) is 10.0. The van der Waals surface area contributed by atoms with Gasteiger partial charge in [-0.15, -0.1) is 0 Å². The molecule has 1 aromatic heterocycles. The van der Waals surface area contributed by atoms with Crippen LogP contribution in [0, 0.1) is 22.7 Å². The minimum atomic E-state index is -0.613. The molecule has 1 aromatic carbocycles. The summed E-state index contributed by atoms with van der Waals surface area (Å²) in [5, 5.41) is 18.0. The van der Waals surface area contributed by atoms with Gasteiger partial charge in [-0.3, -0.25) is 4.79 Å². The minimum Gasteiger partial charge on any atom is -0.452 e.